The van der Waals surface area contributed by atoms with Crippen molar-refractivity contribution in [2.24, 2.45) is 0 Å². The molecular formula is C23H24ClN3O2S. The zero-order valence-electron chi connectivity index (χ0n) is 16.9. The number of thiophene rings is 1. The minimum atomic E-state index is -0.249. The monoisotopic (exact) mass is 441 g/mol. The van der Waals surface area contributed by atoms with Crippen molar-refractivity contribution in [3.63, 3.8) is 0 Å². The lowest BCUT2D eigenvalue weighted by Gasteiger charge is -2.25. The van der Waals surface area contributed by atoms with Crippen molar-refractivity contribution in [2.75, 3.05) is 29.9 Å². The number of likely N-dealkylation sites (N-methyl/N-ethyl adjacent to an activating group) is 1. The number of aryl methyl sites for hydroxylation is 1. The fraction of sp³-hybridized carbons (Fsp3) is 0.217. The van der Waals surface area contributed by atoms with E-state index >= 15 is 0 Å². The first-order chi connectivity index (χ1) is 14.5. The predicted octanol–water partition coefficient (Wildman–Crippen LogP) is 5.22. The summed E-state index contributed by atoms with van der Waals surface area (Å²) in [7, 11) is 0. The van der Waals surface area contributed by atoms with Crippen LogP contribution in [0.5, 0.6) is 0 Å². The summed E-state index contributed by atoms with van der Waals surface area (Å²) in [6.07, 6.45) is 0. The van der Waals surface area contributed by atoms with Crippen LogP contribution < -0.4 is 15.5 Å². The van der Waals surface area contributed by atoms with E-state index in [0.29, 0.717) is 34.2 Å². The Bertz CT molecular complexity index is 1020. The quantitative estimate of drug-likeness (QED) is 0.503. The van der Waals surface area contributed by atoms with Gasteiger partial charge < -0.3 is 15.5 Å². The second-order valence-corrected chi connectivity index (χ2v) is 8.10. The topological polar surface area (TPSA) is 61.4 Å². The number of rotatable bonds is 8. The number of halogens is 1. The maximum atomic E-state index is 12.6. The van der Waals surface area contributed by atoms with E-state index in [2.05, 4.69) is 41.5 Å². The third kappa shape index (κ3) is 5.40. The van der Waals surface area contributed by atoms with Crippen molar-refractivity contribution < 1.29 is 9.59 Å². The maximum Gasteiger partial charge on any atom is 0.265 e. The summed E-state index contributed by atoms with van der Waals surface area (Å²) in [4.78, 5) is 27.7. The second-order valence-electron chi connectivity index (χ2n) is 6.75. The van der Waals surface area contributed by atoms with Gasteiger partial charge in [-0.05, 0) is 55.1 Å². The first-order valence-electron chi connectivity index (χ1n) is 9.72. The van der Waals surface area contributed by atoms with Gasteiger partial charge in [0.15, 0.2) is 0 Å². The number of hydrogen-bond donors (Lipinski definition) is 2. The average Bonchev–Trinajstić information content (AvgIpc) is 3.28. The van der Waals surface area contributed by atoms with Crippen LogP contribution in [0, 0.1) is 6.92 Å². The Morgan fingerprint density at radius 3 is 2.57 bits per heavy atom. The Kier molecular flexibility index (Phi) is 7.49. The first-order valence-corrected chi connectivity index (χ1v) is 11.0. The molecule has 30 heavy (non-hydrogen) atoms. The molecule has 0 spiro atoms. The van der Waals surface area contributed by atoms with Crippen LogP contribution in [-0.4, -0.2) is 31.4 Å². The lowest BCUT2D eigenvalue weighted by atomic mass is 10.1. The predicted molar refractivity (Wildman–Crippen MR) is 125 cm³/mol. The number of nitrogens with zero attached hydrogens (tertiary/aromatic N) is 1. The van der Waals surface area contributed by atoms with E-state index in [4.69, 9.17) is 11.6 Å². The Balaban J connectivity index is 1.61. The van der Waals surface area contributed by atoms with Gasteiger partial charge in [-0.2, -0.15) is 0 Å². The third-order valence-corrected chi connectivity index (χ3v) is 5.93. The van der Waals surface area contributed by atoms with Gasteiger partial charge in [0.25, 0.3) is 11.8 Å². The molecule has 1 heterocycles. The smallest absolute Gasteiger partial charge is 0.265 e. The van der Waals surface area contributed by atoms with Gasteiger partial charge in [-0.1, -0.05) is 35.9 Å². The highest BCUT2D eigenvalue weighted by Crippen LogP contribution is 2.24. The molecule has 2 amide bonds. The molecule has 0 radical (unpaired) electrons. The number of benzene rings is 2. The van der Waals surface area contributed by atoms with Crippen molar-refractivity contribution in [2.45, 2.75) is 13.8 Å². The van der Waals surface area contributed by atoms with E-state index in [1.807, 2.05) is 23.6 Å². The minimum Gasteiger partial charge on any atom is -0.370 e. The van der Waals surface area contributed by atoms with Gasteiger partial charge in [0.2, 0.25) is 0 Å². The van der Waals surface area contributed by atoms with Crippen LogP contribution in [0.1, 0.15) is 32.5 Å². The highest BCUT2D eigenvalue weighted by atomic mass is 35.5. The van der Waals surface area contributed by atoms with E-state index in [-0.39, 0.29) is 11.8 Å². The second kappa shape index (κ2) is 10.3. The fourth-order valence-corrected chi connectivity index (χ4v) is 3.91. The Morgan fingerprint density at radius 1 is 1.07 bits per heavy atom. The number of carbonyl (C=O) groups is 2. The molecule has 3 aromatic rings. The summed E-state index contributed by atoms with van der Waals surface area (Å²) in [6.45, 7) is 6.22. The van der Waals surface area contributed by atoms with Gasteiger partial charge >= 0.3 is 0 Å². The van der Waals surface area contributed by atoms with Gasteiger partial charge in [0, 0.05) is 30.9 Å². The van der Waals surface area contributed by atoms with Gasteiger partial charge in [0.05, 0.1) is 15.6 Å². The molecule has 0 aliphatic heterocycles. The number of amides is 2. The fourth-order valence-electron chi connectivity index (χ4n) is 3.13. The van der Waals surface area contributed by atoms with Crippen LogP contribution in [0.15, 0.2) is 60.0 Å². The molecule has 0 saturated heterocycles. The SMILES string of the molecule is CCN(CCNC(=O)c1ccc(Cl)c(NC(=O)c2cccs2)c1)c1ccccc1C. The first kappa shape index (κ1) is 21.9. The molecule has 5 nitrogen and oxygen atoms in total. The van der Waals surface area contributed by atoms with Crippen molar-refractivity contribution in [3.05, 3.63) is 81.0 Å². The van der Waals surface area contributed by atoms with Crippen molar-refractivity contribution >= 4 is 46.1 Å². The van der Waals surface area contributed by atoms with Crippen molar-refractivity contribution in [1.29, 1.82) is 0 Å². The van der Waals surface area contributed by atoms with Crippen LogP contribution in [-0.2, 0) is 0 Å². The molecule has 2 aromatic carbocycles. The van der Waals surface area contributed by atoms with Crippen LogP contribution >= 0.6 is 22.9 Å². The molecule has 2 N–H and O–H groups in total. The lowest BCUT2D eigenvalue weighted by molar-refractivity contribution is 0.0953. The van der Waals surface area contributed by atoms with E-state index in [0.717, 1.165) is 6.54 Å². The van der Waals surface area contributed by atoms with Gasteiger partial charge in [-0.25, -0.2) is 0 Å². The number of anilines is 2. The van der Waals surface area contributed by atoms with Gasteiger partial charge in [0.1, 0.15) is 0 Å². The molecule has 0 aliphatic rings. The molecule has 0 fully saturated rings. The number of hydrogen-bond acceptors (Lipinski definition) is 4. The summed E-state index contributed by atoms with van der Waals surface area (Å²) in [5.41, 5.74) is 3.23. The number of para-hydroxylation sites is 1. The zero-order valence-corrected chi connectivity index (χ0v) is 18.5. The highest BCUT2D eigenvalue weighted by Gasteiger charge is 2.13. The van der Waals surface area contributed by atoms with Crippen molar-refractivity contribution in [3.8, 4) is 0 Å². The summed E-state index contributed by atoms with van der Waals surface area (Å²) in [6, 6.07) is 16.6. The van der Waals surface area contributed by atoms with E-state index in [1.165, 1.54) is 22.6 Å². The zero-order chi connectivity index (χ0) is 21.5. The summed E-state index contributed by atoms with van der Waals surface area (Å²) in [5, 5.41) is 7.93. The maximum absolute atomic E-state index is 12.6. The average molecular weight is 442 g/mol. The molecule has 0 aliphatic carbocycles. The number of carbonyl (C=O) groups excluding carboxylic acids is 2. The highest BCUT2D eigenvalue weighted by molar-refractivity contribution is 7.12. The molecule has 0 atom stereocenters. The molecule has 0 saturated carbocycles. The summed E-state index contributed by atoms with van der Waals surface area (Å²) >= 11 is 7.55. The summed E-state index contributed by atoms with van der Waals surface area (Å²) < 4.78 is 0. The molecular weight excluding hydrogens is 418 g/mol. The van der Waals surface area contributed by atoms with Gasteiger partial charge in [-0.3, -0.25) is 9.59 Å². The van der Waals surface area contributed by atoms with Gasteiger partial charge in [-0.15, -0.1) is 11.3 Å². The third-order valence-electron chi connectivity index (χ3n) is 4.73. The molecule has 7 heteroatoms. The van der Waals surface area contributed by atoms with Crippen molar-refractivity contribution in [1.82, 2.24) is 5.32 Å². The molecule has 0 unspecified atom stereocenters. The van der Waals surface area contributed by atoms with Crippen LogP contribution in [0.2, 0.25) is 5.02 Å². The lowest BCUT2D eigenvalue weighted by Crippen LogP contribution is -2.35. The Morgan fingerprint density at radius 2 is 1.87 bits per heavy atom. The van der Waals surface area contributed by atoms with E-state index < -0.39 is 0 Å². The van der Waals surface area contributed by atoms with Crippen LogP contribution in [0.3, 0.4) is 0 Å². The Labute approximate surface area is 185 Å². The molecule has 3 rings (SSSR count). The van der Waals surface area contributed by atoms with Crippen LogP contribution in [0.25, 0.3) is 0 Å². The Hall–Kier alpha value is -2.83. The van der Waals surface area contributed by atoms with E-state index in [1.54, 1.807) is 24.3 Å². The summed E-state index contributed by atoms with van der Waals surface area (Å²) in [5.74, 6) is -0.458. The largest absolute Gasteiger partial charge is 0.370 e. The van der Waals surface area contributed by atoms with Crippen LogP contribution in [0.4, 0.5) is 11.4 Å². The molecule has 0 bridgehead atoms. The normalized spacial score (nSPS) is 10.5. The van der Waals surface area contributed by atoms with E-state index in [9.17, 15) is 9.59 Å². The molecule has 156 valence electrons. The standard InChI is InChI=1S/C23H24ClN3O2S/c1-3-27(20-8-5-4-7-16(20)2)13-12-25-22(28)17-10-11-18(24)19(15-17)26-23(29)21-9-6-14-30-21/h4-11,14-15H,3,12-13H2,1-2H3,(H,25,28)(H,26,29). The minimum absolute atomic E-state index is 0.209. The molecule has 1 aromatic heterocycles. The number of nitrogens with one attached hydrogen (secondary N) is 2.